The third-order valence-electron chi connectivity index (χ3n) is 4.77. The summed E-state index contributed by atoms with van der Waals surface area (Å²) in [5, 5.41) is 12.5. The Balaban J connectivity index is 1.27. The summed E-state index contributed by atoms with van der Waals surface area (Å²) in [4.78, 5) is 15.4. The molecule has 4 N–H and O–H groups in total. The van der Waals surface area contributed by atoms with Crippen molar-refractivity contribution >= 4 is 28.6 Å². The van der Waals surface area contributed by atoms with Crippen molar-refractivity contribution in [1.29, 1.82) is 0 Å². The zero-order chi connectivity index (χ0) is 20.9. The minimum absolute atomic E-state index is 0.113. The van der Waals surface area contributed by atoms with Crippen LogP contribution in [0.5, 0.6) is 0 Å². The predicted octanol–water partition coefficient (Wildman–Crippen LogP) is 2.65. The van der Waals surface area contributed by atoms with E-state index in [0.717, 1.165) is 17.5 Å². The first-order chi connectivity index (χ1) is 14.6. The van der Waals surface area contributed by atoms with Crippen molar-refractivity contribution in [2.24, 2.45) is 0 Å². The average molecular weight is 425 g/mol. The van der Waals surface area contributed by atoms with Gasteiger partial charge in [-0.15, -0.1) is 10.2 Å². The van der Waals surface area contributed by atoms with Gasteiger partial charge < -0.3 is 16.1 Å². The molecule has 0 unspecified atom stereocenters. The summed E-state index contributed by atoms with van der Waals surface area (Å²) in [6.45, 7) is 0.537. The number of nitrogens with one attached hydrogen (secondary N) is 2. The standard InChI is InChI=1S/C21H21FN6OS/c22-17-7-3-1-5-14(17)11-19-26-27-21(28(19)23)30-13-20(29)24-10-9-15-12-25-18-8-4-2-6-16(15)18/h1-8,12,25H,9-11,13,23H2,(H,24,29). The Hall–Kier alpha value is -3.33. The van der Waals surface area contributed by atoms with E-state index in [-0.39, 0.29) is 23.9 Å². The summed E-state index contributed by atoms with van der Waals surface area (Å²) < 4.78 is 15.1. The normalized spacial score (nSPS) is 11.1. The van der Waals surface area contributed by atoms with Crippen LogP contribution in [0.25, 0.3) is 10.9 Å². The van der Waals surface area contributed by atoms with Gasteiger partial charge in [-0.05, 0) is 29.7 Å². The maximum atomic E-state index is 13.8. The van der Waals surface area contributed by atoms with Gasteiger partial charge in [-0.3, -0.25) is 4.79 Å². The Kier molecular flexibility index (Phi) is 5.99. The number of nitrogens with zero attached hydrogens (tertiary/aromatic N) is 3. The Morgan fingerprint density at radius 3 is 2.80 bits per heavy atom. The molecule has 0 saturated heterocycles. The van der Waals surface area contributed by atoms with Crippen molar-refractivity contribution in [3.63, 3.8) is 0 Å². The quantitative estimate of drug-likeness (QED) is 0.298. The van der Waals surface area contributed by atoms with Crippen molar-refractivity contribution in [2.75, 3.05) is 18.1 Å². The molecule has 0 aliphatic carbocycles. The summed E-state index contributed by atoms with van der Waals surface area (Å²) in [5.74, 6) is 6.19. The molecule has 0 radical (unpaired) electrons. The highest BCUT2D eigenvalue weighted by molar-refractivity contribution is 7.99. The van der Waals surface area contributed by atoms with Gasteiger partial charge in [0, 0.05) is 30.1 Å². The summed E-state index contributed by atoms with van der Waals surface area (Å²) >= 11 is 1.19. The number of hydrogen-bond acceptors (Lipinski definition) is 5. The summed E-state index contributed by atoms with van der Waals surface area (Å²) in [6, 6.07) is 14.5. The van der Waals surface area contributed by atoms with Gasteiger partial charge >= 0.3 is 0 Å². The number of benzene rings is 2. The number of halogens is 1. The van der Waals surface area contributed by atoms with Crippen molar-refractivity contribution in [1.82, 2.24) is 25.2 Å². The molecule has 1 amide bonds. The van der Waals surface area contributed by atoms with E-state index in [1.54, 1.807) is 18.2 Å². The molecule has 0 spiro atoms. The van der Waals surface area contributed by atoms with Crippen molar-refractivity contribution in [2.45, 2.75) is 18.0 Å². The van der Waals surface area contributed by atoms with Crippen LogP contribution in [0.2, 0.25) is 0 Å². The number of fused-ring (bicyclic) bond motifs is 1. The first-order valence-electron chi connectivity index (χ1n) is 9.49. The molecule has 4 aromatic rings. The topological polar surface area (TPSA) is 102 Å². The molecule has 4 rings (SSSR count). The molecule has 30 heavy (non-hydrogen) atoms. The Labute approximate surface area is 176 Å². The lowest BCUT2D eigenvalue weighted by molar-refractivity contribution is -0.118. The fourth-order valence-electron chi connectivity index (χ4n) is 3.19. The number of H-pyrrole nitrogens is 1. The smallest absolute Gasteiger partial charge is 0.230 e. The molecule has 0 bridgehead atoms. The van der Waals surface area contributed by atoms with Crippen LogP contribution in [-0.4, -0.2) is 38.1 Å². The Bertz CT molecular complexity index is 1170. The molecule has 9 heteroatoms. The highest BCUT2D eigenvalue weighted by Gasteiger charge is 2.14. The molecular weight excluding hydrogens is 403 g/mol. The van der Waals surface area contributed by atoms with Gasteiger partial charge in [0.15, 0.2) is 5.82 Å². The number of carbonyl (C=O) groups is 1. The molecular formula is C21H21FN6OS. The second-order valence-corrected chi connectivity index (χ2v) is 7.73. The number of carbonyl (C=O) groups excluding carboxylic acids is 1. The molecule has 2 aromatic carbocycles. The first-order valence-corrected chi connectivity index (χ1v) is 10.5. The lowest BCUT2D eigenvalue weighted by Gasteiger charge is -2.06. The molecule has 154 valence electrons. The van der Waals surface area contributed by atoms with E-state index in [0.29, 0.717) is 23.1 Å². The van der Waals surface area contributed by atoms with Crippen LogP contribution < -0.4 is 11.2 Å². The molecule has 0 aliphatic rings. The molecule has 7 nitrogen and oxygen atoms in total. The van der Waals surface area contributed by atoms with Crippen LogP contribution >= 0.6 is 11.8 Å². The number of nitrogen functional groups attached to an aromatic ring is 1. The fourth-order valence-corrected chi connectivity index (χ4v) is 3.90. The average Bonchev–Trinajstić information content (AvgIpc) is 3.32. The number of rotatable bonds is 8. The predicted molar refractivity (Wildman–Crippen MR) is 115 cm³/mol. The van der Waals surface area contributed by atoms with Crippen molar-refractivity contribution < 1.29 is 9.18 Å². The van der Waals surface area contributed by atoms with Crippen LogP contribution in [0.4, 0.5) is 4.39 Å². The van der Waals surface area contributed by atoms with Gasteiger partial charge in [0.2, 0.25) is 11.1 Å². The van der Waals surface area contributed by atoms with Gasteiger partial charge in [-0.1, -0.05) is 48.2 Å². The molecule has 2 heterocycles. The highest BCUT2D eigenvalue weighted by Crippen LogP contribution is 2.19. The Morgan fingerprint density at radius 1 is 1.13 bits per heavy atom. The number of hydrogen-bond donors (Lipinski definition) is 3. The summed E-state index contributed by atoms with van der Waals surface area (Å²) in [5.41, 5.74) is 2.74. The molecule has 2 aromatic heterocycles. The third kappa shape index (κ3) is 4.46. The number of amides is 1. The fraction of sp³-hybridized carbons (Fsp3) is 0.190. The van der Waals surface area contributed by atoms with Crippen molar-refractivity contribution in [3.05, 3.63) is 77.5 Å². The molecule has 0 fully saturated rings. The SMILES string of the molecule is Nn1c(Cc2ccccc2F)nnc1SCC(=O)NCCc1c[nH]c2ccccc12. The number of aromatic nitrogens is 4. The lowest BCUT2D eigenvalue weighted by atomic mass is 10.1. The third-order valence-corrected chi connectivity index (χ3v) is 5.71. The van der Waals surface area contributed by atoms with E-state index in [1.807, 2.05) is 24.4 Å². The summed E-state index contributed by atoms with van der Waals surface area (Å²) in [6.07, 6.45) is 2.94. The van der Waals surface area contributed by atoms with Gasteiger partial charge in [0.25, 0.3) is 0 Å². The van der Waals surface area contributed by atoms with E-state index in [1.165, 1.54) is 27.9 Å². The second-order valence-electron chi connectivity index (χ2n) is 6.79. The number of para-hydroxylation sites is 1. The largest absolute Gasteiger partial charge is 0.361 e. The van der Waals surface area contributed by atoms with Gasteiger partial charge in [-0.2, -0.15) is 0 Å². The monoisotopic (exact) mass is 424 g/mol. The van der Waals surface area contributed by atoms with Gasteiger partial charge in [0.1, 0.15) is 5.82 Å². The zero-order valence-electron chi connectivity index (χ0n) is 16.1. The van der Waals surface area contributed by atoms with E-state index in [4.69, 9.17) is 5.84 Å². The van der Waals surface area contributed by atoms with Gasteiger partial charge in [0.05, 0.1) is 5.75 Å². The van der Waals surface area contributed by atoms with E-state index in [2.05, 4.69) is 26.6 Å². The van der Waals surface area contributed by atoms with Crippen LogP contribution in [-0.2, 0) is 17.6 Å². The van der Waals surface area contributed by atoms with Crippen LogP contribution in [0, 0.1) is 5.82 Å². The molecule has 0 saturated carbocycles. The van der Waals surface area contributed by atoms with Gasteiger partial charge in [-0.25, -0.2) is 9.07 Å². The van der Waals surface area contributed by atoms with Crippen LogP contribution in [0.1, 0.15) is 17.0 Å². The first kappa shape index (κ1) is 20.0. The lowest BCUT2D eigenvalue weighted by Crippen LogP contribution is -2.27. The van der Waals surface area contributed by atoms with E-state index in [9.17, 15) is 9.18 Å². The number of thioether (sulfide) groups is 1. The Morgan fingerprint density at radius 2 is 1.93 bits per heavy atom. The van der Waals surface area contributed by atoms with Crippen LogP contribution in [0.3, 0.4) is 0 Å². The number of nitrogens with two attached hydrogens (primary N) is 1. The minimum atomic E-state index is -0.315. The molecule has 0 atom stereocenters. The van der Waals surface area contributed by atoms with E-state index >= 15 is 0 Å². The van der Waals surface area contributed by atoms with E-state index < -0.39 is 0 Å². The maximum Gasteiger partial charge on any atom is 0.230 e. The van der Waals surface area contributed by atoms with Crippen LogP contribution in [0.15, 0.2) is 59.9 Å². The second kappa shape index (κ2) is 9.00. The van der Waals surface area contributed by atoms with Crippen molar-refractivity contribution in [3.8, 4) is 0 Å². The number of aromatic amines is 1. The molecule has 0 aliphatic heterocycles. The zero-order valence-corrected chi connectivity index (χ0v) is 17.0. The maximum absolute atomic E-state index is 13.8. The summed E-state index contributed by atoms with van der Waals surface area (Å²) in [7, 11) is 0. The highest BCUT2D eigenvalue weighted by atomic mass is 32.2. The minimum Gasteiger partial charge on any atom is -0.361 e.